The number of rotatable bonds is 4. The Kier molecular flexibility index (Phi) is 4.78. The Morgan fingerprint density at radius 3 is 1.79 bits per heavy atom. The molecular formula is C18H18O. The molecule has 2 rings (SSSR count). The van der Waals surface area contributed by atoms with Gasteiger partial charge >= 0.3 is 0 Å². The van der Waals surface area contributed by atoms with Gasteiger partial charge in [0.1, 0.15) is 0 Å². The Morgan fingerprint density at radius 1 is 0.895 bits per heavy atom. The minimum Gasteiger partial charge on any atom is -0.391 e. The fourth-order valence-corrected chi connectivity index (χ4v) is 2.28. The Morgan fingerprint density at radius 2 is 1.37 bits per heavy atom. The zero-order chi connectivity index (χ0) is 13.5. The van der Waals surface area contributed by atoms with Crippen molar-refractivity contribution in [3.63, 3.8) is 0 Å². The molecule has 0 aromatic heterocycles. The van der Waals surface area contributed by atoms with Crippen molar-refractivity contribution in [1.82, 2.24) is 0 Å². The van der Waals surface area contributed by atoms with Gasteiger partial charge in [-0.25, -0.2) is 0 Å². The lowest BCUT2D eigenvalue weighted by Crippen LogP contribution is -2.19. The molecule has 2 aromatic rings. The maximum absolute atomic E-state index is 10.4. The molecule has 0 aliphatic carbocycles. The van der Waals surface area contributed by atoms with Gasteiger partial charge in [-0.1, -0.05) is 60.7 Å². The van der Waals surface area contributed by atoms with Crippen LogP contribution in [-0.4, -0.2) is 11.2 Å². The van der Waals surface area contributed by atoms with Crippen LogP contribution in [0.3, 0.4) is 0 Å². The van der Waals surface area contributed by atoms with E-state index in [1.54, 1.807) is 6.92 Å². The molecule has 0 spiro atoms. The van der Waals surface area contributed by atoms with Crippen molar-refractivity contribution in [2.24, 2.45) is 0 Å². The van der Waals surface area contributed by atoms with Crippen molar-refractivity contribution in [3.8, 4) is 11.8 Å². The summed E-state index contributed by atoms with van der Waals surface area (Å²) in [5.74, 6) is 5.79. The van der Waals surface area contributed by atoms with Gasteiger partial charge in [0.15, 0.2) is 0 Å². The molecule has 0 bridgehead atoms. The maximum atomic E-state index is 10.4. The van der Waals surface area contributed by atoms with Crippen LogP contribution in [0, 0.1) is 11.8 Å². The first-order valence-electron chi connectivity index (χ1n) is 6.50. The summed E-state index contributed by atoms with van der Waals surface area (Å²) in [4.78, 5) is 0. The Balaban J connectivity index is 2.35. The van der Waals surface area contributed by atoms with Gasteiger partial charge in [-0.2, -0.15) is 0 Å². The average Bonchev–Trinajstić information content (AvgIpc) is 2.47. The van der Waals surface area contributed by atoms with E-state index in [0.717, 1.165) is 11.1 Å². The summed E-state index contributed by atoms with van der Waals surface area (Å²) in [6, 6.07) is 20.2. The van der Waals surface area contributed by atoms with Gasteiger partial charge in [-0.05, 0) is 18.1 Å². The topological polar surface area (TPSA) is 20.2 Å². The van der Waals surface area contributed by atoms with Gasteiger partial charge < -0.3 is 5.11 Å². The van der Waals surface area contributed by atoms with Gasteiger partial charge in [0.2, 0.25) is 0 Å². The fraction of sp³-hybridized carbons (Fsp3) is 0.222. The Hall–Kier alpha value is -2.04. The summed E-state index contributed by atoms with van der Waals surface area (Å²) in [7, 11) is 0. The first-order valence-corrected chi connectivity index (χ1v) is 6.50. The first-order chi connectivity index (χ1) is 9.33. The largest absolute Gasteiger partial charge is 0.391 e. The van der Waals surface area contributed by atoms with Crippen molar-refractivity contribution in [2.45, 2.75) is 25.4 Å². The van der Waals surface area contributed by atoms with Crippen LogP contribution in [-0.2, 0) is 0 Å². The molecule has 1 heteroatoms. The second kappa shape index (κ2) is 6.78. The zero-order valence-corrected chi connectivity index (χ0v) is 11.1. The lowest BCUT2D eigenvalue weighted by molar-refractivity contribution is 0.162. The molecule has 0 aliphatic heterocycles. The number of hydrogen-bond donors (Lipinski definition) is 1. The molecule has 0 fully saturated rings. The highest BCUT2D eigenvalue weighted by molar-refractivity contribution is 5.34. The van der Waals surface area contributed by atoms with Crippen molar-refractivity contribution < 1.29 is 5.11 Å². The van der Waals surface area contributed by atoms with E-state index in [1.807, 2.05) is 36.4 Å². The van der Waals surface area contributed by atoms with E-state index in [4.69, 9.17) is 0 Å². The van der Waals surface area contributed by atoms with E-state index < -0.39 is 6.10 Å². The quantitative estimate of drug-likeness (QED) is 0.822. The van der Waals surface area contributed by atoms with E-state index in [2.05, 4.69) is 36.1 Å². The van der Waals surface area contributed by atoms with Crippen molar-refractivity contribution in [1.29, 1.82) is 0 Å². The number of benzene rings is 2. The highest BCUT2D eigenvalue weighted by Gasteiger charge is 2.21. The zero-order valence-electron chi connectivity index (χ0n) is 11.1. The standard InChI is InChI=1S/C18H18O/c1-2-3-14-17(19)18(15-10-6-4-7-11-15)16-12-8-5-9-13-16/h4-13,17-19H,14H2,1H3. The molecular weight excluding hydrogens is 232 g/mol. The van der Waals surface area contributed by atoms with E-state index in [-0.39, 0.29) is 5.92 Å². The normalized spacial score (nSPS) is 11.7. The second-order valence-electron chi connectivity index (χ2n) is 4.50. The number of aliphatic hydroxyl groups excluding tert-OH is 1. The second-order valence-corrected chi connectivity index (χ2v) is 4.50. The summed E-state index contributed by atoms with van der Waals surface area (Å²) < 4.78 is 0. The molecule has 0 radical (unpaired) electrons. The van der Waals surface area contributed by atoms with Crippen LogP contribution in [0.25, 0.3) is 0 Å². The molecule has 96 valence electrons. The predicted molar refractivity (Wildman–Crippen MR) is 78.8 cm³/mol. The number of hydrogen-bond acceptors (Lipinski definition) is 1. The highest BCUT2D eigenvalue weighted by Crippen LogP contribution is 2.29. The third-order valence-corrected chi connectivity index (χ3v) is 3.19. The Labute approximate surface area is 114 Å². The molecule has 0 saturated carbocycles. The summed E-state index contributed by atoms with van der Waals surface area (Å²) >= 11 is 0. The van der Waals surface area contributed by atoms with Crippen LogP contribution in [0.1, 0.15) is 30.4 Å². The van der Waals surface area contributed by atoms with Crippen LogP contribution in [0.2, 0.25) is 0 Å². The van der Waals surface area contributed by atoms with Crippen LogP contribution < -0.4 is 0 Å². The summed E-state index contributed by atoms with van der Waals surface area (Å²) in [5, 5.41) is 10.4. The third-order valence-electron chi connectivity index (χ3n) is 3.19. The number of aliphatic hydroxyl groups is 1. The maximum Gasteiger partial charge on any atom is 0.0758 e. The van der Waals surface area contributed by atoms with Gasteiger partial charge in [0.05, 0.1) is 6.10 Å². The van der Waals surface area contributed by atoms with E-state index in [0.29, 0.717) is 6.42 Å². The van der Waals surface area contributed by atoms with Crippen LogP contribution in [0.4, 0.5) is 0 Å². The minimum absolute atomic E-state index is 0.0248. The van der Waals surface area contributed by atoms with Gasteiger partial charge in [0.25, 0.3) is 0 Å². The van der Waals surface area contributed by atoms with E-state index in [9.17, 15) is 5.11 Å². The molecule has 1 nitrogen and oxygen atoms in total. The fourth-order valence-electron chi connectivity index (χ4n) is 2.28. The van der Waals surface area contributed by atoms with Crippen molar-refractivity contribution >= 4 is 0 Å². The molecule has 0 amide bonds. The van der Waals surface area contributed by atoms with Crippen LogP contribution >= 0.6 is 0 Å². The molecule has 0 aliphatic rings. The van der Waals surface area contributed by atoms with Gasteiger partial charge in [-0.3, -0.25) is 0 Å². The monoisotopic (exact) mass is 250 g/mol. The van der Waals surface area contributed by atoms with Crippen LogP contribution in [0.5, 0.6) is 0 Å². The van der Waals surface area contributed by atoms with Crippen molar-refractivity contribution in [3.05, 3.63) is 71.8 Å². The molecule has 0 heterocycles. The average molecular weight is 250 g/mol. The molecule has 19 heavy (non-hydrogen) atoms. The predicted octanol–water partition coefficient (Wildman–Crippen LogP) is 3.59. The van der Waals surface area contributed by atoms with Gasteiger partial charge in [-0.15, -0.1) is 11.8 Å². The summed E-state index contributed by atoms with van der Waals surface area (Å²) in [6.45, 7) is 1.80. The minimum atomic E-state index is -0.489. The molecule has 0 saturated heterocycles. The van der Waals surface area contributed by atoms with Gasteiger partial charge in [0, 0.05) is 12.3 Å². The summed E-state index contributed by atoms with van der Waals surface area (Å²) in [5.41, 5.74) is 2.25. The highest BCUT2D eigenvalue weighted by atomic mass is 16.3. The smallest absolute Gasteiger partial charge is 0.0758 e. The van der Waals surface area contributed by atoms with Crippen LogP contribution in [0.15, 0.2) is 60.7 Å². The molecule has 1 atom stereocenters. The molecule has 1 unspecified atom stereocenters. The lowest BCUT2D eigenvalue weighted by atomic mass is 9.85. The van der Waals surface area contributed by atoms with E-state index >= 15 is 0 Å². The molecule has 1 N–H and O–H groups in total. The molecule has 2 aromatic carbocycles. The Bertz CT molecular complexity index is 509. The summed E-state index contributed by atoms with van der Waals surface area (Å²) in [6.07, 6.45) is 0.00237. The van der Waals surface area contributed by atoms with E-state index in [1.165, 1.54) is 0 Å². The third kappa shape index (κ3) is 3.47. The van der Waals surface area contributed by atoms with Crippen molar-refractivity contribution in [2.75, 3.05) is 0 Å². The SMILES string of the molecule is CC#CCC(O)C(c1ccccc1)c1ccccc1. The lowest BCUT2D eigenvalue weighted by Gasteiger charge is -2.22. The first kappa shape index (κ1) is 13.4.